The SMILES string of the molecule is C=C.C=CC(N)CCCc1cc(Cl)c(F)c(-c2cc3cn(-c4ccc(CNCCCN=C(C)N)cc4)c(=O)nc3[nH]2)c1. The number of benzene rings is 2. The molecule has 0 aliphatic carbocycles. The van der Waals surface area contributed by atoms with Gasteiger partial charge in [-0.25, -0.2) is 9.18 Å². The fraction of sp³-hybridized carbons (Fsp3) is 0.281. The average molecular weight is 592 g/mol. The van der Waals surface area contributed by atoms with Crippen LogP contribution in [0, 0.1) is 5.82 Å². The molecule has 42 heavy (non-hydrogen) atoms. The molecule has 1 unspecified atom stereocenters. The van der Waals surface area contributed by atoms with Crippen LogP contribution in [-0.2, 0) is 13.0 Å². The van der Waals surface area contributed by atoms with Crippen molar-refractivity contribution in [2.45, 2.75) is 45.2 Å². The van der Waals surface area contributed by atoms with E-state index >= 15 is 4.39 Å². The van der Waals surface area contributed by atoms with Crippen molar-refractivity contribution < 1.29 is 4.39 Å². The Labute approximate surface area is 251 Å². The molecule has 1 atom stereocenters. The third kappa shape index (κ3) is 8.72. The molecular formula is C32H39ClFN7O. The van der Waals surface area contributed by atoms with Crippen LogP contribution < -0.4 is 22.5 Å². The predicted molar refractivity (Wildman–Crippen MR) is 173 cm³/mol. The van der Waals surface area contributed by atoms with Gasteiger partial charge in [-0.3, -0.25) is 9.56 Å². The third-order valence-corrected chi connectivity index (χ3v) is 6.88. The zero-order valence-corrected chi connectivity index (χ0v) is 24.8. The fourth-order valence-electron chi connectivity index (χ4n) is 4.44. The van der Waals surface area contributed by atoms with Gasteiger partial charge in [0.05, 0.1) is 22.2 Å². The van der Waals surface area contributed by atoms with E-state index in [4.69, 9.17) is 23.1 Å². The molecule has 0 fully saturated rings. The lowest BCUT2D eigenvalue weighted by atomic mass is 10.0. The molecule has 0 saturated carbocycles. The quantitative estimate of drug-likeness (QED) is 0.0689. The maximum absolute atomic E-state index is 15.1. The number of aromatic nitrogens is 3. The molecule has 222 valence electrons. The van der Waals surface area contributed by atoms with Crippen LogP contribution in [0.1, 0.15) is 37.3 Å². The summed E-state index contributed by atoms with van der Waals surface area (Å²) in [7, 11) is 0. The molecule has 0 aliphatic heterocycles. The summed E-state index contributed by atoms with van der Waals surface area (Å²) in [6.07, 6.45) is 6.62. The molecule has 8 nitrogen and oxygen atoms in total. The maximum atomic E-state index is 15.1. The van der Waals surface area contributed by atoms with Crippen molar-refractivity contribution in [2.75, 3.05) is 13.1 Å². The second-order valence-corrected chi connectivity index (χ2v) is 10.2. The van der Waals surface area contributed by atoms with Crippen molar-refractivity contribution >= 4 is 28.5 Å². The van der Waals surface area contributed by atoms with Crippen molar-refractivity contribution in [3.05, 3.63) is 107 Å². The van der Waals surface area contributed by atoms with Crippen molar-refractivity contribution in [1.82, 2.24) is 19.9 Å². The first-order valence-electron chi connectivity index (χ1n) is 13.8. The second-order valence-electron chi connectivity index (χ2n) is 9.83. The molecule has 0 radical (unpaired) electrons. The number of hydrogen-bond acceptors (Lipinski definition) is 5. The molecule has 10 heteroatoms. The Morgan fingerprint density at radius 2 is 1.95 bits per heavy atom. The van der Waals surface area contributed by atoms with Crippen molar-refractivity contribution in [3.63, 3.8) is 0 Å². The summed E-state index contributed by atoms with van der Waals surface area (Å²) < 4.78 is 16.5. The lowest BCUT2D eigenvalue weighted by Gasteiger charge is -2.09. The minimum absolute atomic E-state index is 0.0421. The number of hydrogen-bond donors (Lipinski definition) is 4. The molecular weight excluding hydrogens is 553 g/mol. The topological polar surface area (TPSA) is 127 Å². The minimum atomic E-state index is -0.526. The summed E-state index contributed by atoms with van der Waals surface area (Å²) in [5.41, 5.74) is 14.9. The smallest absolute Gasteiger partial charge is 0.354 e. The fourth-order valence-corrected chi connectivity index (χ4v) is 4.68. The molecule has 0 aliphatic rings. The number of aryl methyl sites for hydroxylation is 1. The van der Waals surface area contributed by atoms with Crippen LogP contribution in [0.2, 0.25) is 5.02 Å². The summed E-state index contributed by atoms with van der Waals surface area (Å²) >= 11 is 6.23. The minimum Gasteiger partial charge on any atom is -0.388 e. The van der Waals surface area contributed by atoms with Gasteiger partial charge in [-0.05, 0) is 80.6 Å². The standard InChI is InChI=1S/C30H35ClFN7O.C2H4/c1-3-23(34)7-4-6-21-14-25(28(32)26(31)15-21)27-16-22-18-39(30(40)38-29(22)37-27)24-10-8-20(9-11-24)17-35-12-5-13-36-19(2)33;1-2/h3,8-11,14-16,18,23,35H,1,4-7,12-13,17,34H2,2H3,(H2,33,36)(H,37,38,40);1-2H2. The molecule has 0 saturated heterocycles. The van der Waals surface area contributed by atoms with E-state index < -0.39 is 11.5 Å². The molecule has 6 N–H and O–H groups in total. The monoisotopic (exact) mass is 591 g/mol. The third-order valence-electron chi connectivity index (χ3n) is 6.61. The van der Waals surface area contributed by atoms with E-state index in [0.29, 0.717) is 53.3 Å². The van der Waals surface area contributed by atoms with E-state index in [1.807, 2.05) is 24.3 Å². The van der Waals surface area contributed by atoms with Gasteiger partial charge < -0.3 is 21.8 Å². The van der Waals surface area contributed by atoms with Crippen molar-refractivity contribution in [2.24, 2.45) is 16.5 Å². The number of nitrogens with one attached hydrogen (secondary N) is 2. The highest BCUT2D eigenvalue weighted by molar-refractivity contribution is 6.31. The number of halogens is 2. The van der Waals surface area contributed by atoms with Gasteiger partial charge in [-0.2, -0.15) is 4.98 Å². The first kappa shape index (κ1) is 32.5. The highest BCUT2D eigenvalue weighted by Crippen LogP contribution is 2.31. The Morgan fingerprint density at radius 1 is 1.21 bits per heavy atom. The van der Waals surface area contributed by atoms with Gasteiger partial charge in [0.15, 0.2) is 5.82 Å². The Kier molecular flexibility index (Phi) is 12.2. The summed E-state index contributed by atoms with van der Waals surface area (Å²) in [5.74, 6) is 0.0676. The number of nitrogens with zero attached hydrogens (tertiary/aromatic N) is 3. The van der Waals surface area contributed by atoms with Gasteiger partial charge in [0.2, 0.25) is 0 Å². The Bertz CT molecular complexity index is 1570. The van der Waals surface area contributed by atoms with Crippen molar-refractivity contribution in [1.29, 1.82) is 0 Å². The lowest BCUT2D eigenvalue weighted by molar-refractivity contribution is 0.628. The molecule has 2 heterocycles. The largest absolute Gasteiger partial charge is 0.388 e. The van der Waals surface area contributed by atoms with E-state index in [2.05, 4.69) is 40.0 Å². The Hall–Kier alpha value is -4.05. The highest BCUT2D eigenvalue weighted by atomic mass is 35.5. The number of aromatic amines is 1. The lowest BCUT2D eigenvalue weighted by Crippen LogP contribution is -2.20. The molecule has 0 spiro atoms. The first-order chi connectivity index (χ1) is 20.2. The van der Waals surface area contributed by atoms with E-state index in [1.54, 1.807) is 37.4 Å². The van der Waals surface area contributed by atoms with Crippen LogP contribution in [0.15, 0.2) is 84.3 Å². The summed E-state index contributed by atoms with van der Waals surface area (Å²) in [6, 6.07) is 12.8. The Balaban J connectivity index is 0.00000237. The van der Waals surface area contributed by atoms with E-state index in [1.165, 1.54) is 4.57 Å². The molecule has 0 bridgehead atoms. The zero-order valence-electron chi connectivity index (χ0n) is 24.0. The average Bonchev–Trinajstić information content (AvgIpc) is 3.39. The normalized spacial score (nSPS) is 12.1. The Morgan fingerprint density at radius 3 is 2.64 bits per heavy atom. The number of H-pyrrole nitrogens is 1. The van der Waals surface area contributed by atoms with E-state index in [9.17, 15) is 4.79 Å². The predicted octanol–water partition coefficient (Wildman–Crippen LogP) is 5.67. The molecule has 4 rings (SSSR count). The van der Waals surface area contributed by atoms with E-state index in [0.717, 1.165) is 36.9 Å². The first-order valence-corrected chi connectivity index (χ1v) is 14.2. The second kappa shape index (κ2) is 15.8. The van der Waals surface area contributed by atoms with Crippen LogP contribution in [0.25, 0.3) is 28.0 Å². The van der Waals surface area contributed by atoms with Crippen LogP contribution >= 0.6 is 11.6 Å². The van der Waals surface area contributed by atoms with Crippen LogP contribution in [-0.4, -0.2) is 39.5 Å². The number of fused-ring (bicyclic) bond motifs is 1. The van der Waals surface area contributed by atoms with Gasteiger partial charge in [-0.1, -0.05) is 29.8 Å². The van der Waals surface area contributed by atoms with Gasteiger partial charge in [0, 0.05) is 36.3 Å². The van der Waals surface area contributed by atoms with Crippen LogP contribution in [0.5, 0.6) is 0 Å². The van der Waals surface area contributed by atoms with Gasteiger partial charge >= 0.3 is 5.69 Å². The number of amidine groups is 1. The van der Waals surface area contributed by atoms with E-state index in [-0.39, 0.29) is 11.1 Å². The number of aliphatic imine (C=N–C) groups is 1. The summed E-state index contributed by atoms with van der Waals surface area (Å²) in [4.78, 5) is 24.3. The molecule has 2 aromatic heterocycles. The van der Waals surface area contributed by atoms with Gasteiger partial charge in [-0.15, -0.1) is 19.7 Å². The molecule has 4 aromatic rings. The van der Waals surface area contributed by atoms with Crippen LogP contribution in [0.4, 0.5) is 4.39 Å². The van der Waals surface area contributed by atoms with Crippen molar-refractivity contribution in [3.8, 4) is 16.9 Å². The van der Waals surface area contributed by atoms with Gasteiger partial charge in [0.1, 0.15) is 5.65 Å². The molecule has 0 amide bonds. The van der Waals surface area contributed by atoms with Crippen LogP contribution in [0.3, 0.4) is 0 Å². The number of rotatable bonds is 13. The van der Waals surface area contributed by atoms with Gasteiger partial charge in [0.25, 0.3) is 0 Å². The number of nitrogens with two attached hydrogens (primary N) is 2. The zero-order chi connectivity index (χ0) is 30.6. The summed E-state index contributed by atoms with van der Waals surface area (Å²) in [6.45, 7) is 13.7. The highest BCUT2D eigenvalue weighted by Gasteiger charge is 2.15. The maximum Gasteiger partial charge on any atom is 0.354 e. The molecule has 2 aromatic carbocycles. The summed E-state index contributed by atoms with van der Waals surface area (Å²) in [5, 5.41) is 4.09.